The van der Waals surface area contributed by atoms with Crippen molar-refractivity contribution in [1.82, 2.24) is 0 Å². The topological polar surface area (TPSA) is 26.3 Å². The van der Waals surface area contributed by atoms with Crippen LogP contribution in [-0.2, 0) is 9.53 Å². The second-order valence-electron chi connectivity index (χ2n) is 12.1. The minimum atomic E-state index is -0.183. The van der Waals surface area contributed by atoms with Gasteiger partial charge in [0.2, 0.25) is 0 Å². The molecule has 0 aromatic heterocycles. The number of hydrogen-bond acceptors (Lipinski definition) is 2. The van der Waals surface area contributed by atoms with Gasteiger partial charge in [0.15, 0.2) is 0 Å². The maximum Gasteiger partial charge on any atom is 0.312 e. The van der Waals surface area contributed by atoms with Gasteiger partial charge >= 0.3 is 5.97 Å². The fourth-order valence-electron chi connectivity index (χ4n) is 8.09. The van der Waals surface area contributed by atoms with Gasteiger partial charge in [-0.1, -0.05) is 110 Å². The molecule has 0 aliphatic heterocycles. The van der Waals surface area contributed by atoms with E-state index in [0.29, 0.717) is 6.61 Å². The third-order valence-electron chi connectivity index (χ3n) is 10.3. The number of unbranched alkanes of at least 4 members (excludes halogenated alkanes) is 7. The third kappa shape index (κ3) is 7.00. The SMILES string of the molecule is CCCCCCCCCCOC(=O)C1([C@]2(CC)CC[C@H](C3CCCCC3)CC2)CCCCC1. The van der Waals surface area contributed by atoms with Crippen LogP contribution in [0, 0.1) is 22.7 Å². The molecule has 192 valence electrons. The molecule has 3 fully saturated rings. The highest BCUT2D eigenvalue weighted by Crippen LogP contribution is 2.60. The molecule has 0 amide bonds. The van der Waals surface area contributed by atoms with Crippen molar-refractivity contribution in [2.75, 3.05) is 6.61 Å². The second-order valence-corrected chi connectivity index (χ2v) is 12.1. The summed E-state index contributed by atoms with van der Waals surface area (Å²) in [5, 5.41) is 0. The van der Waals surface area contributed by atoms with E-state index in [-0.39, 0.29) is 16.8 Å². The second kappa shape index (κ2) is 14.1. The van der Waals surface area contributed by atoms with E-state index >= 15 is 0 Å². The molecular formula is C31H56O2. The van der Waals surface area contributed by atoms with E-state index in [2.05, 4.69) is 13.8 Å². The molecule has 33 heavy (non-hydrogen) atoms. The maximum atomic E-state index is 13.8. The number of rotatable bonds is 13. The maximum absolute atomic E-state index is 13.8. The van der Waals surface area contributed by atoms with Crippen molar-refractivity contribution in [2.45, 2.75) is 162 Å². The first kappa shape index (κ1) is 27.1. The quantitative estimate of drug-likeness (QED) is 0.202. The highest BCUT2D eigenvalue weighted by molar-refractivity contribution is 5.78. The van der Waals surface area contributed by atoms with E-state index in [1.54, 1.807) is 0 Å². The first-order chi connectivity index (χ1) is 16.2. The highest BCUT2D eigenvalue weighted by atomic mass is 16.5. The lowest BCUT2D eigenvalue weighted by molar-refractivity contribution is -0.175. The number of carbonyl (C=O) groups is 1. The lowest BCUT2D eigenvalue weighted by Crippen LogP contribution is -2.51. The summed E-state index contributed by atoms with van der Waals surface area (Å²) in [5.41, 5.74) is 0.0205. The minimum Gasteiger partial charge on any atom is -0.465 e. The molecule has 3 saturated carbocycles. The van der Waals surface area contributed by atoms with Crippen molar-refractivity contribution >= 4 is 5.97 Å². The minimum absolute atomic E-state index is 0.183. The van der Waals surface area contributed by atoms with E-state index in [0.717, 1.165) is 37.5 Å². The summed E-state index contributed by atoms with van der Waals surface area (Å²) >= 11 is 0. The van der Waals surface area contributed by atoms with Crippen LogP contribution in [0.1, 0.15) is 162 Å². The molecular weight excluding hydrogens is 404 g/mol. The van der Waals surface area contributed by atoms with Gasteiger partial charge in [0, 0.05) is 0 Å². The van der Waals surface area contributed by atoms with Crippen molar-refractivity contribution < 1.29 is 9.53 Å². The molecule has 3 aliphatic rings. The number of esters is 1. The van der Waals surface area contributed by atoms with Crippen LogP contribution in [0.5, 0.6) is 0 Å². The summed E-state index contributed by atoms with van der Waals surface area (Å²) in [4.78, 5) is 13.8. The van der Waals surface area contributed by atoms with Crippen molar-refractivity contribution in [3.63, 3.8) is 0 Å². The van der Waals surface area contributed by atoms with Gasteiger partial charge in [-0.3, -0.25) is 4.79 Å². The fourth-order valence-corrected chi connectivity index (χ4v) is 8.09. The number of hydrogen-bond donors (Lipinski definition) is 0. The molecule has 3 rings (SSSR count). The van der Waals surface area contributed by atoms with E-state index in [1.807, 2.05) is 0 Å². The molecule has 0 aromatic carbocycles. The predicted octanol–water partition coefficient (Wildman–Crippen LogP) is 9.79. The molecule has 0 spiro atoms. The summed E-state index contributed by atoms with van der Waals surface area (Å²) in [6, 6.07) is 0. The normalized spacial score (nSPS) is 28.5. The molecule has 0 aromatic rings. The summed E-state index contributed by atoms with van der Waals surface area (Å²) in [5.74, 6) is 2.10. The van der Waals surface area contributed by atoms with Gasteiger partial charge in [0.1, 0.15) is 0 Å². The fraction of sp³-hybridized carbons (Fsp3) is 0.968. The Morgan fingerprint density at radius 3 is 1.82 bits per heavy atom. The van der Waals surface area contributed by atoms with Crippen LogP contribution < -0.4 is 0 Å². The Balaban J connectivity index is 1.51. The first-order valence-electron chi connectivity index (χ1n) is 15.3. The molecule has 0 unspecified atom stereocenters. The van der Waals surface area contributed by atoms with E-state index in [1.165, 1.54) is 122 Å². The molecule has 0 heterocycles. The Morgan fingerprint density at radius 1 is 0.667 bits per heavy atom. The van der Waals surface area contributed by atoms with Gasteiger partial charge in [0.25, 0.3) is 0 Å². The summed E-state index contributed by atoms with van der Waals surface area (Å²) in [6.45, 7) is 5.31. The summed E-state index contributed by atoms with van der Waals surface area (Å²) in [6.07, 6.45) is 30.0. The Hall–Kier alpha value is -0.530. The van der Waals surface area contributed by atoms with E-state index < -0.39 is 0 Å². The molecule has 3 aliphatic carbocycles. The lowest BCUT2D eigenvalue weighted by atomic mass is 9.49. The van der Waals surface area contributed by atoms with Gasteiger partial charge in [-0.25, -0.2) is 0 Å². The zero-order valence-electron chi connectivity index (χ0n) is 22.4. The zero-order valence-corrected chi connectivity index (χ0v) is 22.4. The predicted molar refractivity (Wildman–Crippen MR) is 140 cm³/mol. The average molecular weight is 461 g/mol. The molecule has 0 bridgehead atoms. The molecule has 2 nitrogen and oxygen atoms in total. The van der Waals surface area contributed by atoms with E-state index in [4.69, 9.17) is 4.74 Å². The largest absolute Gasteiger partial charge is 0.465 e. The Labute approximate surface area is 206 Å². The molecule has 0 atom stereocenters. The monoisotopic (exact) mass is 460 g/mol. The first-order valence-corrected chi connectivity index (χ1v) is 15.3. The van der Waals surface area contributed by atoms with Crippen LogP contribution in [-0.4, -0.2) is 12.6 Å². The molecule has 0 N–H and O–H groups in total. The average Bonchev–Trinajstić information content (AvgIpc) is 2.88. The van der Waals surface area contributed by atoms with E-state index in [9.17, 15) is 4.79 Å². The van der Waals surface area contributed by atoms with Gasteiger partial charge in [-0.15, -0.1) is 0 Å². The Kier molecular flexibility index (Phi) is 11.6. The number of carbonyl (C=O) groups excluding carboxylic acids is 1. The van der Waals surface area contributed by atoms with Crippen molar-refractivity contribution in [1.29, 1.82) is 0 Å². The smallest absolute Gasteiger partial charge is 0.312 e. The van der Waals surface area contributed by atoms with Crippen LogP contribution in [0.3, 0.4) is 0 Å². The third-order valence-corrected chi connectivity index (χ3v) is 10.3. The van der Waals surface area contributed by atoms with Gasteiger partial charge < -0.3 is 4.74 Å². The van der Waals surface area contributed by atoms with Crippen molar-refractivity contribution in [2.24, 2.45) is 22.7 Å². The van der Waals surface area contributed by atoms with Crippen molar-refractivity contribution in [3.8, 4) is 0 Å². The van der Waals surface area contributed by atoms with Crippen LogP contribution in [0.25, 0.3) is 0 Å². The Morgan fingerprint density at radius 2 is 1.21 bits per heavy atom. The Bertz CT molecular complexity index is 533. The summed E-state index contributed by atoms with van der Waals surface area (Å²) in [7, 11) is 0. The van der Waals surface area contributed by atoms with Crippen LogP contribution in [0.15, 0.2) is 0 Å². The van der Waals surface area contributed by atoms with Crippen LogP contribution >= 0.6 is 0 Å². The van der Waals surface area contributed by atoms with Gasteiger partial charge in [0.05, 0.1) is 12.0 Å². The van der Waals surface area contributed by atoms with Crippen LogP contribution in [0.4, 0.5) is 0 Å². The van der Waals surface area contributed by atoms with Gasteiger partial charge in [-0.05, 0) is 68.6 Å². The van der Waals surface area contributed by atoms with Gasteiger partial charge in [-0.2, -0.15) is 0 Å². The zero-order chi connectivity index (χ0) is 23.4. The molecule has 0 radical (unpaired) electrons. The number of ether oxygens (including phenoxy) is 1. The van der Waals surface area contributed by atoms with Crippen LogP contribution in [0.2, 0.25) is 0 Å². The highest BCUT2D eigenvalue weighted by Gasteiger charge is 2.57. The summed E-state index contributed by atoms with van der Waals surface area (Å²) < 4.78 is 6.11. The lowest BCUT2D eigenvalue weighted by Gasteiger charge is -2.54. The molecule has 0 saturated heterocycles. The molecule has 2 heteroatoms. The van der Waals surface area contributed by atoms with Crippen molar-refractivity contribution in [3.05, 3.63) is 0 Å². The standard InChI is InChI=1S/C31H56O2/c1-3-5-6-7-8-9-10-17-26-33-29(32)31(22-15-12-16-23-31)30(4-2)24-20-28(21-25-30)27-18-13-11-14-19-27/h27-28H,3-26H2,1-2H3/t28-,30+.